The third-order valence-corrected chi connectivity index (χ3v) is 5.70. The van der Waals surface area contributed by atoms with Crippen molar-refractivity contribution in [1.82, 2.24) is 10.2 Å². The third-order valence-electron chi connectivity index (χ3n) is 4.44. The SMILES string of the molecule is O=C(C[NH+]1CCCC1)NCCN1C(=O)S/C(=C\c2ccccc2Cl)C1=O. The van der Waals surface area contributed by atoms with Crippen molar-refractivity contribution in [2.75, 3.05) is 32.7 Å². The van der Waals surface area contributed by atoms with Crippen molar-refractivity contribution < 1.29 is 19.3 Å². The van der Waals surface area contributed by atoms with E-state index >= 15 is 0 Å². The molecule has 0 radical (unpaired) electrons. The maximum Gasteiger partial charge on any atom is 0.293 e. The van der Waals surface area contributed by atoms with Crippen molar-refractivity contribution >= 4 is 46.5 Å². The molecular formula is C18H21ClN3O3S+. The van der Waals surface area contributed by atoms with Crippen LogP contribution >= 0.6 is 23.4 Å². The number of hydrogen-bond donors (Lipinski definition) is 2. The molecule has 2 saturated heterocycles. The van der Waals surface area contributed by atoms with Crippen molar-refractivity contribution in [2.45, 2.75) is 12.8 Å². The summed E-state index contributed by atoms with van der Waals surface area (Å²) in [6, 6.07) is 7.14. The van der Waals surface area contributed by atoms with Gasteiger partial charge in [-0.05, 0) is 29.5 Å². The number of amides is 3. The highest BCUT2D eigenvalue weighted by molar-refractivity contribution is 8.18. The average Bonchev–Trinajstić information content (AvgIpc) is 3.20. The molecule has 2 N–H and O–H groups in total. The minimum absolute atomic E-state index is 0.0412. The molecule has 2 heterocycles. The molecule has 0 saturated carbocycles. The molecule has 138 valence electrons. The topological polar surface area (TPSA) is 70.9 Å². The van der Waals surface area contributed by atoms with Gasteiger partial charge in [-0.1, -0.05) is 29.8 Å². The van der Waals surface area contributed by atoms with Gasteiger partial charge in [0.15, 0.2) is 6.54 Å². The molecule has 0 atom stereocenters. The van der Waals surface area contributed by atoms with E-state index in [1.165, 1.54) is 4.90 Å². The van der Waals surface area contributed by atoms with E-state index in [-0.39, 0.29) is 30.1 Å². The van der Waals surface area contributed by atoms with Gasteiger partial charge in [0.1, 0.15) is 0 Å². The van der Waals surface area contributed by atoms with Gasteiger partial charge < -0.3 is 10.2 Å². The van der Waals surface area contributed by atoms with Gasteiger partial charge in [0, 0.05) is 31.0 Å². The van der Waals surface area contributed by atoms with Crippen molar-refractivity contribution in [3.63, 3.8) is 0 Å². The Hall–Kier alpha value is -1.83. The predicted octanol–water partition coefficient (Wildman–Crippen LogP) is 1.17. The van der Waals surface area contributed by atoms with Crippen molar-refractivity contribution in [2.24, 2.45) is 0 Å². The first-order chi connectivity index (χ1) is 12.5. The predicted molar refractivity (Wildman–Crippen MR) is 102 cm³/mol. The summed E-state index contributed by atoms with van der Waals surface area (Å²) in [6.45, 7) is 2.95. The standard InChI is InChI=1S/C18H20ClN3O3S/c19-14-6-2-1-5-13(14)11-15-17(24)22(18(25)26-15)10-7-20-16(23)12-21-8-3-4-9-21/h1-2,5-6,11H,3-4,7-10,12H2,(H,20,23)/p+1/b15-11-. The van der Waals surface area contributed by atoms with Crippen LogP contribution in [0.2, 0.25) is 5.02 Å². The Morgan fingerprint density at radius 2 is 2.00 bits per heavy atom. The molecule has 0 aliphatic carbocycles. The number of likely N-dealkylation sites (tertiary alicyclic amines) is 1. The van der Waals surface area contributed by atoms with E-state index in [9.17, 15) is 14.4 Å². The second-order valence-electron chi connectivity index (χ2n) is 6.34. The zero-order valence-electron chi connectivity index (χ0n) is 14.3. The quantitative estimate of drug-likeness (QED) is 0.710. The monoisotopic (exact) mass is 394 g/mol. The van der Waals surface area contributed by atoms with Gasteiger partial charge in [-0.25, -0.2) is 0 Å². The number of quaternary nitrogens is 1. The van der Waals surface area contributed by atoms with Crippen LogP contribution in [0.3, 0.4) is 0 Å². The number of halogens is 1. The second kappa shape index (κ2) is 8.70. The van der Waals surface area contributed by atoms with E-state index in [1.54, 1.807) is 24.3 Å². The number of thioether (sulfide) groups is 1. The molecule has 0 bridgehead atoms. The van der Waals surface area contributed by atoms with Gasteiger partial charge in [-0.3, -0.25) is 19.3 Å². The highest BCUT2D eigenvalue weighted by Crippen LogP contribution is 2.33. The lowest BCUT2D eigenvalue weighted by Gasteiger charge is -2.14. The largest absolute Gasteiger partial charge is 0.349 e. The van der Waals surface area contributed by atoms with Crippen LogP contribution < -0.4 is 10.2 Å². The molecule has 26 heavy (non-hydrogen) atoms. The summed E-state index contributed by atoms with van der Waals surface area (Å²) >= 11 is 6.99. The lowest BCUT2D eigenvalue weighted by atomic mass is 10.2. The van der Waals surface area contributed by atoms with E-state index in [4.69, 9.17) is 11.6 Å². The normalized spacial score (nSPS) is 19.6. The number of carbonyl (C=O) groups excluding carboxylic acids is 3. The fourth-order valence-electron chi connectivity index (χ4n) is 3.07. The third kappa shape index (κ3) is 4.66. The molecule has 2 fully saturated rings. The molecule has 2 aliphatic heterocycles. The summed E-state index contributed by atoms with van der Waals surface area (Å²) in [5.41, 5.74) is 0.696. The molecule has 8 heteroatoms. The maximum absolute atomic E-state index is 12.4. The summed E-state index contributed by atoms with van der Waals surface area (Å²) < 4.78 is 0. The molecule has 2 aliphatic rings. The fourth-order valence-corrected chi connectivity index (χ4v) is 4.12. The van der Waals surface area contributed by atoms with Gasteiger partial charge in [0.25, 0.3) is 17.1 Å². The van der Waals surface area contributed by atoms with Gasteiger partial charge in [-0.2, -0.15) is 0 Å². The van der Waals surface area contributed by atoms with Gasteiger partial charge in [0.2, 0.25) is 0 Å². The molecule has 0 unspecified atom stereocenters. The Morgan fingerprint density at radius 3 is 2.73 bits per heavy atom. The zero-order valence-corrected chi connectivity index (χ0v) is 15.9. The number of carbonyl (C=O) groups is 3. The summed E-state index contributed by atoms with van der Waals surface area (Å²) in [4.78, 5) is 39.3. The number of hydrogen-bond acceptors (Lipinski definition) is 4. The van der Waals surface area contributed by atoms with E-state index in [2.05, 4.69) is 5.32 Å². The molecule has 0 aromatic heterocycles. The van der Waals surface area contributed by atoms with Crippen LogP contribution in [0.4, 0.5) is 4.79 Å². The van der Waals surface area contributed by atoms with Crippen LogP contribution in [-0.2, 0) is 9.59 Å². The Kier molecular flexibility index (Phi) is 6.34. The highest BCUT2D eigenvalue weighted by Gasteiger charge is 2.34. The van der Waals surface area contributed by atoms with E-state index in [1.807, 2.05) is 6.07 Å². The summed E-state index contributed by atoms with van der Waals surface area (Å²) in [5, 5.41) is 2.99. The Bertz CT molecular complexity index is 747. The Labute approximate surface area is 161 Å². The first-order valence-corrected chi connectivity index (χ1v) is 9.84. The smallest absolute Gasteiger partial charge is 0.293 e. The van der Waals surface area contributed by atoms with Crippen molar-refractivity contribution in [1.29, 1.82) is 0 Å². The number of nitrogens with one attached hydrogen (secondary N) is 2. The lowest BCUT2D eigenvalue weighted by molar-refractivity contribution is -0.879. The first kappa shape index (κ1) is 18.9. The molecule has 1 aromatic rings. The number of rotatable bonds is 6. The summed E-state index contributed by atoms with van der Waals surface area (Å²) in [7, 11) is 0. The lowest BCUT2D eigenvalue weighted by Crippen LogP contribution is -3.11. The van der Waals surface area contributed by atoms with Crippen LogP contribution in [0.5, 0.6) is 0 Å². The minimum atomic E-state index is -0.348. The summed E-state index contributed by atoms with van der Waals surface area (Å²) in [5.74, 6) is -0.389. The van der Waals surface area contributed by atoms with Crippen LogP contribution in [0, 0.1) is 0 Å². The average molecular weight is 395 g/mol. The molecule has 1 aromatic carbocycles. The molecular weight excluding hydrogens is 374 g/mol. The molecule has 0 spiro atoms. The number of nitrogens with zero attached hydrogens (tertiary/aromatic N) is 1. The Balaban J connectivity index is 1.52. The van der Waals surface area contributed by atoms with Crippen LogP contribution in [0.1, 0.15) is 18.4 Å². The second-order valence-corrected chi connectivity index (χ2v) is 7.74. The highest BCUT2D eigenvalue weighted by atomic mass is 35.5. The van der Waals surface area contributed by atoms with E-state index in [0.717, 1.165) is 42.6 Å². The van der Waals surface area contributed by atoms with E-state index < -0.39 is 0 Å². The fraction of sp³-hybridized carbons (Fsp3) is 0.389. The summed E-state index contributed by atoms with van der Waals surface area (Å²) in [6.07, 6.45) is 3.96. The van der Waals surface area contributed by atoms with Crippen LogP contribution in [0.25, 0.3) is 6.08 Å². The Morgan fingerprint density at radius 1 is 1.27 bits per heavy atom. The van der Waals surface area contributed by atoms with Crippen LogP contribution in [0.15, 0.2) is 29.2 Å². The minimum Gasteiger partial charge on any atom is -0.349 e. The van der Waals surface area contributed by atoms with Crippen molar-refractivity contribution in [3.05, 3.63) is 39.8 Å². The molecule has 3 amide bonds. The number of benzene rings is 1. The molecule has 6 nitrogen and oxygen atoms in total. The van der Waals surface area contributed by atoms with E-state index in [0.29, 0.717) is 22.0 Å². The number of imide groups is 1. The maximum atomic E-state index is 12.4. The van der Waals surface area contributed by atoms with Gasteiger partial charge in [0.05, 0.1) is 18.0 Å². The van der Waals surface area contributed by atoms with Gasteiger partial charge >= 0.3 is 0 Å². The zero-order chi connectivity index (χ0) is 18.5. The van der Waals surface area contributed by atoms with Gasteiger partial charge in [-0.15, -0.1) is 0 Å². The molecule has 3 rings (SSSR count). The van der Waals surface area contributed by atoms with Crippen molar-refractivity contribution in [3.8, 4) is 0 Å². The first-order valence-electron chi connectivity index (χ1n) is 8.65. The van der Waals surface area contributed by atoms with Crippen LogP contribution in [-0.4, -0.2) is 54.7 Å².